The second-order valence-electron chi connectivity index (χ2n) is 9.42. The van der Waals surface area contributed by atoms with Gasteiger partial charge >= 0.3 is 5.97 Å². The lowest BCUT2D eigenvalue weighted by Gasteiger charge is -2.16. The van der Waals surface area contributed by atoms with Crippen molar-refractivity contribution in [2.24, 2.45) is 0 Å². The van der Waals surface area contributed by atoms with E-state index in [4.69, 9.17) is 10.5 Å². The van der Waals surface area contributed by atoms with Gasteiger partial charge in [0, 0.05) is 22.4 Å². The minimum Gasteiger partial charge on any atom is -0.454 e. The molecule has 0 aliphatic carbocycles. The lowest BCUT2D eigenvalue weighted by molar-refractivity contribution is -0.121. The highest BCUT2D eigenvalue weighted by molar-refractivity contribution is 8.00. The average molecular weight is 608 g/mol. The number of aryl methyl sites for hydroxylation is 1. The van der Waals surface area contributed by atoms with Gasteiger partial charge in [0.05, 0.1) is 22.1 Å². The Labute approximate surface area is 254 Å². The molecule has 1 aliphatic heterocycles. The summed E-state index contributed by atoms with van der Waals surface area (Å²) >= 11 is 2.26. The number of hydrogen-bond acceptors (Lipinski definition) is 11. The van der Waals surface area contributed by atoms with E-state index >= 15 is 0 Å². The molecule has 1 aliphatic rings. The summed E-state index contributed by atoms with van der Waals surface area (Å²) < 4.78 is 5.15. The van der Waals surface area contributed by atoms with Crippen LogP contribution in [0, 0.1) is 29.6 Å². The van der Waals surface area contributed by atoms with E-state index in [0.29, 0.717) is 16.0 Å². The van der Waals surface area contributed by atoms with Crippen molar-refractivity contribution < 1.29 is 23.9 Å². The molecule has 212 valence electrons. The molecule has 0 bridgehead atoms. The van der Waals surface area contributed by atoms with Crippen molar-refractivity contribution in [1.29, 1.82) is 10.5 Å². The van der Waals surface area contributed by atoms with Gasteiger partial charge in [0.25, 0.3) is 0 Å². The summed E-state index contributed by atoms with van der Waals surface area (Å²) in [7, 11) is 0. The van der Waals surface area contributed by atoms with Crippen molar-refractivity contribution in [3.05, 3.63) is 93.9 Å². The first-order valence-electron chi connectivity index (χ1n) is 12.8. The Bertz CT molecular complexity index is 1840. The molecular formula is C31H21N5O5S2. The normalized spacial score (nSPS) is 14.3. The molecule has 4 aromatic rings. The van der Waals surface area contributed by atoms with E-state index in [9.17, 15) is 29.7 Å². The molecule has 1 unspecified atom stereocenters. The molecule has 3 heterocycles. The number of anilines is 2. The first kappa shape index (κ1) is 29.2. The molecule has 1 saturated heterocycles. The number of carbonyl (C=O) groups excluding carboxylic acids is 4. The average Bonchev–Trinajstić information content (AvgIpc) is 3.63. The second-order valence-corrected chi connectivity index (χ2v) is 11.6. The predicted octanol–water partition coefficient (Wildman–Crippen LogP) is 4.91. The van der Waals surface area contributed by atoms with Gasteiger partial charge in [-0.15, -0.1) is 11.3 Å². The molecule has 1 fully saturated rings. The van der Waals surface area contributed by atoms with Crippen molar-refractivity contribution in [2.75, 3.05) is 17.2 Å². The monoisotopic (exact) mass is 607 g/mol. The van der Waals surface area contributed by atoms with Gasteiger partial charge in [-0.2, -0.15) is 10.5 Å². The standard InChI is InChI=1S/C31H21N5O5S2/c1-17-4-6-18(7-5-17)23(37)16-41-31(40)19-8-10-20(11-9-19)36-26(38)13-25(30(36)39)43-29-22(15-33)27(24-3-2-12-42-24)21(14-32)28(34)35-29/h2-12,25H,13,16H2,1H3,(H2,34,35). The zero-order valence-corrected chi connectivity index (χ0v) is 24.2. The molecule has 1 atom stereocenters. The number of nitrogens with zero attached hydrogens (tertiary/aromatic N) is 4. The molecule has 12 heteroatoms. The molecule has 0 saturated carbocycles. The van der Waals surface area contributed by atoms with Gasteiger partial charge in [-0.25, -0.2) is 14.7 Å². The van der Waals surface area contributed by atoms with Crippen LogP contribution in [0.25, 0.3) is 10.4 Å². The van der Waals surface area contributed by atoms with E-state index in [0.717, 1.165) is 22.2 Å². The number of aromatic nitrogens is 1. The largest absolute Gasteiger partial charge is 0.454 e. The summed E-state index contributed by atoms with van der Waals surface area (Å²) in [4.78, 5) is 57.0. The van der Waals surface area contributed by atoms with Gasteiger partial charge < -0.3 is 10.5 Å². The Morgan fingerprint density at radius 2 is 1.72 bits per heavy atom. The summed E-state index contributed by atoms with van der Waals surface area (Å²) in [5.74, 6) is -2.15. The number of carbonyl (C=O) groups is 4. The number of amides is 2. The lowest BCUT2D eigenvalue weighted by atomic mass is 10.0. The molecule has 2 N–H and O–H groups in total. The van der Waals surface area contributed by atoms with E-state index in [1.165, 1.54) is 35.6 Å². The maximum Gasteiger partial charge on any atom is 0.338 e. The Balaban J connectivity index is 1.30. The highest BCUT2D eigenvalue weighted by Crippen LogP contribution is 2.41. The smallest absolute Gasteiger partial charge is 0.338 e. The third-order valence-corrected chi connectivity index (χ3v) is 8.67. The molecule has 43 heavy (non-hydrogen) atoms. The number of thioether (sulfide) groups is 1. The molecule has 0 spiro atoms. The number of nitrogens with two attached hydrogens (primary N) is 1. The minimum atomic E-state index is -0.895. The number of ether oxygens (including phenoxy) is 1. The van der Waals surface area contributed by atoms with Gasteiger partial charge in [0.2, 0.25) is 11.8 Å². The fourth-order valence-electron chi connectivity index (χ4n) is 4.44. The molecule has 2 amide bonds. The molecular weight excluding hydrogens is 587 g/mol. The van der Waals surface area contributed by atoms with Crippen LogP contribution in [0.1, 0.15) is 43.8 Å². The van der Waals surface area contributed by atoms with Gasteiger partial charge in [-0.05, 0) is 42.6 Å². The number of hydrogen-bond donors (Lipinski definition) is 1. The van der Waals surface area contributed by atoms with Gasteiger partial charge in [-0.1, -0.05) is 47.7 Å². The van der Waals surface area contributed by atoms with Gasteiger partial charge in [0.1, 0.15) is 28.5 Å². The van der Waals surface area contributed by atoms with Crippen LogP contribution in [0.15, 0.2) is 71.1 Å². The molecule has 2 aromatic carbocycles. The van der Waals surface area contributed by atoms with Crippen LogP contribution < -0.4 is 10.6 Å². The quantitative estimate of drug-likeness (QED) is 0.165. The molecule has 5 rings (SSSR count). The highest BCUT2D eigenvalue weighted by atomic mass is 32.2. The first-order valence-corrected chi connectivity index (χ1v) is 14.6. The second kappa shape index (κ2) is 12.3. The first-order chi connectivity index (χ1) is 20.7. The number of rotatable bonds is 8. The van der Waals surface area contributed by atoms with Crippen molar-refractivity contribution in [3.63, 3.8) is 0 Å². The van der Waals surface area contributed by atoms with Gasteiger partial charge in [-0.3, -0.25) is 14.4 Å². The summed E-state index contributed by atoms with van der Waals surface area (Å²) in [6, 6.07) is 20.2. The Kier molecular flexibility index (Phi) is 8.34. The Morgan fingerprint density at radius 1 is 1.05 bits per heavy atom. The zero-order chi connectivity index (χ0) is 30.7. The van der Waals surface area contributed by atoms with Crippen LogP contribution >= 0.6 is 23.1 Å². The lowest BCUT2D eigenvalue weighted by Crippen LogP contribution is -2.31. The van der Waals surface area contributed by atoms with E-state index in [1.54, 1.807) is 41.8 Å². The Morgan fingerprint density at radius 3 is 2.35 bits per heavy atom. The van der Waals surface area contributed by atoms with Crippen LogP contribution in [0.4, 0.5) is 11.5 Å². The third kappa shape index (κ3) is 5.88. The van der Waals surface area contributed by atoms with Crippen LogP contribution in [0.5, 0.6) is 0 Å². The summed E-state index contributed by atoms with van der Waals surface area (Å²) in [6.07, 6.45) is -0.158. The number of Topliss-reactive ketones (excluding diaryl/α,β-unsaturated/α-hetero) is 1. The van der Waals surface area contributed by atoms with Crippen LogP contribution in [0.2, 0.25) is 0 Å². The summed E-state index contributed by atoms with van der Waals surface area (Å²) in [5.41, 5.74) is 8.38. The molecule has 2 aromatic heterocycles. The number of benzene rings is 2. The molecule has 10 nitrogen and oxygen atoms in total. The Hall–Kier alpha value is -5.30. The maximum atomic E-state index is 13.4. The highest BCUT2D eigenvalue weighted by Gasteiger charge is 2.41. The fourth-order valence-corrected chi connectivity index (χ4v) is 6.34. The number of esters is 1. The third-order valence-electron chi connectivity index (χ3n) is 6.61. The number of nitrogen functional groups attached to an aromatic ring is 1. The summed E-state index contributed by atoms with van der Waals surface area (Å²) in [5, 5.41) is 20.7. The van der Waals surface area contributed by atoms with Crippen LogP contribution in [-0.4, -0.2) is 40.4 Å². The minimum absolute atomic E-state index is 0.0666. The number of thiophene rings is 1. The topological polar surface area (TPSA) is 167 Å². The van der Waals surface area contributed by atoms with Crippen molar-refractivity contribution in [1.82, 2.24) is 4.98 Å². The van der Waals surface area contributed by atoms with Crippen molar-refractivity contribution in [2.45, 2.75) is 23.6 Å². The predicted molar refractivity (Wildman–Crippen MR) is 160 cm³/mol. The van der Waals surface area contributed by atoms with Crippen LogP contribution in [-0.2, 0) is 14.3 Å². The fraction of sp³-hybridized carbons (Fsp3) is 0.129. The molecule has 0 radical (unpaired) electrons. The maximum absolute atomic E-state index is 13.4. The van der Waals surface area contributed by atoms with E-state index in [-0.39, 0.29) is 45.4 Å². The van der Waals surface area contributed by atoms with E-state index < -0.39 is 29.6 Å². The van der Waals surface area contributed by atoms with Crippen molar-refractivity contribution >= 4 is 58.2 Å². The SMILES string of the molecule is Cc1ccc(C(=O)COC(=O)c2ccc(N3C(=O)CC(Sc4nc(N)c(C#N)c(-c5cccs5)c4C#N)C3=O)cc2)cc1. The number of imide groups is 1. The van der Waals surface area contributed by atoms with E-state index in [2.05, 4.69) is 11.1 Å². The van der Waals surface area contributed by atoms with Gasteiger partial charge in [0.15, 0.2) is 12.4 Å². The zero-order valence-electron chi connectivity index (χ0n) is 22.6. The number of ketones is 1. The number of nitriles is 2. The van der Waals surface area contributed by atoms with E-state index in [1.807, 2.05) is 13.0 Å². The van der Waals surface area contributed by atoms with Crippen LogP contribution in [0.3, 0.4) is 0 Å². The number of pyridine rings is 1. The van der Waals surface area contributed by atoms with Crippen molar-refractivity contribution in [3.8, 4) is 22.6 Å². The summed E-state index contributed by atoms with van der Waals surface area (Å²) in [6.45, 7) is 1.47.